The van der Waals surface area contributed by atoms with Crippen molar-refractivity contribution in [1.82, 2.24) is 0 Å². The highest BCUT2D eigenvalue weighted by Crippen LogP contribution is 2.38. The van der Waals surface area contributed by atoms with Crippen molar-refractivity contribution in [2.75, 3.05) is 0 Å². The number of aryl methyl sites for hydroxylation is 2. The van der Waals surface area contributed by atoms with Crippen LogP contribution in [0.2, 0.25) is 5.02 Å². The third-order valence-corrected chi connectivity index (χ3v) is 6.48. The van der Waals surface area contributed by atoms with E-state index in [1.807, 2.05) is 24.3 Å². The molecule has 1 saturated carbocycles. The van der Waals surface area contributed by atoms with E-state index in [-0.39, 0.29) is 0 Å². The Morgan fingerprint density at radius 2 is 1.74 bits per heavy atom. The molecule has 0 atom stereocenters. The Labute approximate surface area is 169 Å². The Bertz CT molecular complexity index is 764. The van der Waals surface area contributed by atoms with Gasteiger partial charge in [0.2, 0.25) is 0 Å². The summed E-state index contributed by atoms with van der Waals surface area (Å²) < 4.78 is 0. The molecule has 0 N–H and O–H groups in total. The van der Waals surface area contributed by atoms with Crippen molar-refractivity contribution in [2.45, 2.75) is 70.6 Å². The zero-order valence-corrected chi connectivity index (χ0v) is 17.1. The molecule has 142 valence electrons. The lowest BCUT2D eigenvalue weighted by atomic mass is 9.77. The average Bonchev–Trinajstić information content (AvgIpc) is 2.72. The molecular formula is C25H30ClN. The molecule has 1 aliphatic carbocycles. The SMILES string of the molecule is CCCCC1CCC(c2ccc(CCc3ccc(C#N)cc3)c(Cl)c2)CC1. The van der Waals surface area contributed by atoms with Crippen molar-refractivity contribution in [1.29, 1.82) is 5.26 Å². The van der Waals surface area contributed by atoms with Crippen molar-refractivity contribution in [3.8, 4) is 6.07 Å². The fourth-order valence-electron chi connectivity index (χ4n) is 4.32. The van der Waals surface area contributed by atoms with Gasteiger partial charge in [0, 0.05) is 5.02 Å². The molecule has 0 unspecified atom stereocenters. The molecule has 3 rings (SSSR count). The Kier molecular flexibility index (Phi) is 7.36. The van der Waals surface area contributed by atoms with Crippen molar-refractivity contribution >= 4 is 11.6 Å². The summed E-state index contributed by atoms with van der Waals surface area (Å²) in [6, 6.07) is 16.8. The lowest BCUT2D eigenvalue weighted by Gasteiger charge is -2.29. The minimum atomic E-state index is 0.688. The van der Waals surface area contributed by atoms with Crippen LogP contribution in [0.3, 0.4) is 0 Å². The monoisotopic (exact) mass is 379 g/mol. The lowest BCUT2D eigenvalue weighted by Crippen LogP contribution is -2.13. The predicted molar refractivity (Wildman–Crippen MR) is 114 cm³/mol. The van der Waals surface area contributed by atoms with Crippen LogP contribution in [-0.4, -0.2) is 0 Å². The number of halogens is 1. The van der Waals surface area contributed by atoms with E-state index in [1.165, 1.54) is 61.6 Å². The van der Waals surface area contributed by atoms with E-state index in [0.717, 1.165) is 23.8 Å². The number of hydrogen-bond donors (Lipinski definition) is 0. The van der Waals surface area contributed by atoms with E-state index >= 15 is 0 Å². The van der Waals surface area contributed by atoms with Crippen LogP contribution in [0.4, 0.5) is 0 Å². The molecule has 0 heterocycles. The maximum atomic E-state index is 8.89. The second-order valence-electron chi connectivity index (χ2n) is 8.02. The Morgan fingerprint density at radius 1 is 1.00 bits per heavy atom. The zero-order chi connectivity index (χ0) is 19.1. The van der Waals surface area contributed by atoms with Gasteiger partial charge in [-0.05, 0) is 85.3 Å². The van der Waals surface area contributed by atoms with E-state index in [2.05, 4.69) is 31.2 Å². The van der Waals surface area contributed by atoms with Gasteiger partial charge in [0.25, 0.3) is 0 Å². The third-order valence-electron chi connectivity index (χ3n) is 6.13. The van der Waals surface area contributed by atoms with Gasteiger partial charge in [-0.2, -0.15) is 5.26 Å². The number of nitrogens with zero attached hydrogens (tertiary/aromatic N) is 1. The van der Waals surface area contributed by atoms with Crippen molar-refractivity contribution in [3.05, 3.63) is 69.7 Å². The van der Waals surface area contributed by atoms with Gasteiger partial charge in [-0.15, -0.1) is 0 Å². The zero-order valence-electron chi connectivity index (χ0n) is 16.4. The molecule has 0 radical (unpaired) electrons. The van der Waals surface area contributed by atoms with Crippen LogP contribution in [-0.2, 0) is 12.8 Å². The molecule has 2 heteroatoms. The second-order valence-corrected chi connectivity index (χ2v) is 8.43. The molecule has 2 aromatic rings. The Balaban J connectivity index is 1.55. The molecule has 0 aromatic heterocycles. The van der Waals surface area contributed by atoms with Crippen LogP contribution in [0.25, 0.3) is 0 Å². The smallest absolute Gasteiger partial charge is 0.0991 e. The largest absolute Gasteiger partial charge is 0.192 e. The summed E-state index contributed by atoms with van der Waals surface area (Å²) in [6.45, 7) is 2.29. The Morgan fingerprint density at radius 3 is 2.37 bits per heavy atom. The third kappa shape index (κ3) is 5.60. The van der Waals surface area contributed by atoms with E-state index in [9.17, 15) is 0 Å². The van der Waals surface area contributed by atoms with Gasteiger partial charge < -0.3 is 0 Å². The molecule has 0 spiro atoms. The van der Waals surface area contributed by atoms with Gasteiger partial charge in [0.15, 0.2) is 0 Å². The van der Waals surface area contributed by atoms with Crippen molar-refractivity contribution in [2.24, 2.45) is 5.92 Å². The normalized spacial score (nSPS) is 19.6. The highest BCUT2D eigenvalue weighted by Gasteiger charge is 2.22. The molecule has 0 bridgehead atoms. The average molecular weight is 380 g/mol. The fourth-order valence-corrected chi connectivity index (χ4v) is 4.61. The maximum Gasteiger partial charge on any atom is 0.0991 e. The minimum Gasteiger partial charge on any atom is -0.192 e. The van der Waals surface area contributed by atoms with Crippen LogP contribution in [0.5, 0.6) is 0 Å². The molecule has 1 aliphatic rings. The summed E-state index contributed by atoms with van der Waals surface area (Å²) in [5, 5.41) is 9.80. The number of unbranched alkanes of at least 4 members (excludes halogenated alkanes) is 1. The van der Waals surface area contributed by atoms with Crippen LogP contribution in [0.1, 0.15) is 80.0 Å². The van der Waals surface area contributed by atoms with E-state index in [1.54, 1.807) is 0 Å². The van der Waals surface area contributed by atoms with E-state index in [0.29, 0.717) is 11.5 Å². The molecule has 2 aromatic carbocycles. The van der Waals surface area contributed by atoms with E-state index in [4.69, 9.17) is 16.9 Å². The summed E-state index contributed by atoms with van der Waals surface area (Å²) in [6.07, 6.45) is 11.4. The van der Waals surface area contributed by atoms with Gasteiger partial charge in [0.05, 0.1) is 11.6 Å². The first-order chi connectivity index (χ1) is 13.2. The van der Waals surface area contributed by atoms with Gasteiger partial charge in [-0.3, -0.25) is 0 Å². The molecule has 0 saturated heterocycles. The Hall–Kier alpha value is -1.78. The van der Waals surface area contributed by atoms with E-state index < -0.39 is 0 Å². The van der Waals surface area contributed by atoms with Gasteiger partial charge in [-0.25, -0.2) is 0 Å². The first-order valence-electron chi connectivity index (χ1n) is 10.5. The molecule has 0 amide bonds. The number of benzene rings is 2. The summed E-state index contributed by atoms with van der Waals surface area (Å²) in [7, 11) is 0. The number of hydrogen-bond acceptors (Lipinski definition) is 1. The summed E-state index contributed by atoms with van der Waals surface area (Å²) in [4.78, 5) is 0. The standard InChI is InChI=1S/C25H30ClN/c1-2-3-4-19-9-12-22(13-10-19)24-16-15-23(25(26)17-24)14-11-20-5-7-21(18-27)8-6-20/h5-8,15-17,19,22H,2-4,9-14H2,1H3. The number of rotatable bonds is 7. The van der Waals surface area contributed by atoms with Gasteiger partial charge in [-0.1, -0.05) is 62.1 Å². The minimum absolute atomic E-state index is 0.688. The molecule has 0 aliphatic heterocycles. The highest BCUT2D eigenvalue weighted by molar-refractivity contribution is 6.31. The quantitative estimate of drug-likeness (QED) is 0.489. The molecule has 1 fully saturated rings. The highest BCUT2D eigenvalue weighted by atomic mass is 35.5. The summed E-state index contributed by atoms with van der Waals surface area (Å²) in [5.41, 5.74) is 4.61. The summed E-state index contributed by atoms with van der Waals surface area (Å²) >= 11 is 6.62. The van der Waals surface area contributed by atoms with Gasteiger partial charge in [0.1, 0.15) is 0 Å². The first kappa shape index (κ1) is 20.0. The molecule has 1 nitrogen and oxygen atoms in total. The molecular weight excluding hydrogens is 350 g/mol. The predicted octanol–water partition coefficient (Wildman–Crippen LogP) is 7.46. The van der Waals surface area contributed by atoms with Crippen molar-refractivity contribution in [3.63, 3.8) is 0 Å². The van der Waals surface area contributed by atoms with Crippen LogP contribution in [0, 0.1) is 17.2 Å². The van der Waals surface area contributed by atoms with Crippen LogP contribution in [0.15, 0.2) is 42.5 Å². The second kappa shape index (κ2) is 9.95. The van der Waals surface area contributed by atoms with Crippen molar-refractivity contribution < 1.29 is 0 Å². The van der Waals surface area contributed by atoms with Crippen LogP contribution >= 0.6 is 11.6 Å². The fraction of sp³-hybridized carbons (Fsp3) is 0.480. The first-order valence-corrected chi connectivity index (χ1v) is 10.8. The van der Waals surface area contributed by atoms with Gasteiger partial charge >= 0.3 is 0 Å². The van der Waals surface area contributed by atoms with Crippen LogP contribution < -0.4 is 0 Å². The topological polar surface area (TPSA) is 23.8 Å². The maximum absolute atomic E-state index is 8.89. The summed E-state index contributed by atoms with van der Waals surface area (Å²) in [5.74, 6) is 1.64. The number of nitriles is 1. The lowest BCUT2D eigenvalue weighted by molar-refractivity contribution is 0.304. The molecule has 27 heavy (non-hydrogen) atoms.